The van der Waals surface area contributed by atoms with Gasteiger partial charge in [0.05, 0.1) is 6.54 Å². The third-order valence-corrected chi connectivity index (χ3v) is 3.60. The second kappa shape index (κ2) is 7.18. The summed E-state index contributed by atoms with van der Waals surface area (Å²) in [6, 6.07) is 5.17. The van der Waals surface area contributed by atoms with E-state index in [1.165, 1.54) is 6.07 Å². The first-order chi connectivity index (χ1) is 8.22. The van der Waals surface area contributed by atoms with Crippen LogP contribution in [0.25, 0.3) is 0 Å². The quantitative estimate of drug-likeness (QED) is 0.644. The highest BCUT2D eigenvalue weighted by molar-refractivity contribution is 14.0. The molecule has 6 heteroatoms. The van der Waals surface area contributed by atoms with Crippen LogP contribution in [0.1, 0.15) is 5.56 Å². The molecule has 1 aromatic carbocycles. The zero-order valence-corrected chi connectivity index (χ0v) is 13.6. The van der Waals surface area contributed by atoms with Crippen LogP contribution >= 0.6 is 35.7 Å². The van der Waals surface area contributed by atoms with E-state index in [9.17, 15) is 4.39 Å². The Morgan fingerprint density at radius 2 is 2.28 bits per heavy atom. The Balaban J connectivity index is 0.00000162. The van der Waals surface area contributed by atoms with Gasteiger partial charge in [-0.25, -0.2) is 4.39 Å². The van der Waals surface area contributed by atoms with Gasteiger partial charge in [0.1, 0.15) is 5.82 Å². The van der Waals surface area contributed by atoms with Gasteiger partial charge in [-0.3, -0.25) is 4.99 Å². The lowest BCUT2D eigenvalue weighted by Gasteiger charge is -2.16. The molecule has 3 nitrogen and oxygen atoms in total. The average Bonchev–Trinajstić information content (AvgIpc) is 2.73. The average molecular weight is 381 g/mol. The topological polar surface area (TPSA) is 27.6 Å². The maximum atomic E-state index is 13.7. The first-order valence-electron chi connectivity index (χ1n) is 5.53. The predicted octanol–water partition coefficient (Wildman–Crippen LogP) is 2.56. The normalized spacial score (nSPS) is 14.2. The number of nitrogens with zero attached hydrogens (tertiary/aromatic N) is 2. The molecule has 1 N–H and O–H groups in total. The van der Waals surface area contributed by atoms with E-state index in [1.807, 2.05) is 24.3 Å². The summed E-state index contributed by atoms with van der Waals surface area (Å²) in [5.74, 6) is 0.686. The summed E-state index contributed by atoms with van der Waals surface area (Å²) in [5.41, 5.74) is 0.711. The van der Waals surface area contributed by atoms with Crippen molar-refractivity contribution in [2.24, 2.45) is 4.99 Å². The molecule has 0 saturated carbocycles. The number of hydrogen-bond acceptors (Lipinski definition) is 4. The van der Waals surface area contributed by atoms with E-state index in [0.717, 1.165) is 23.9 Å². The first kappa shape index (κ1) is 15.6. The van der Waals surface area contributed by atoms with E-state index in [1.54, 1.807) is 17.8 Å². The molecule has 0 aromatic heterocycles. The molecule has 0 fully saturated rings. The molecule has 0 radical (unpaired) electrons. The third-order valence-electron chi connectivity index (χ3n) is 2.78. The molecule has 0 unspecified atom stereocenters. The standard InChI is InChI=1S/C12H16FN3S.HI/c1-16-7-6-14-12(16)15-8-9-10(13)4-3-5-11(9)17-2;/h3-5H,6-8H2,1-2H3,(H,14,15);1H. The van der Waals surface area contributed by atoms with Gasteiger partial charge in [0.2, 0.25) is 0 Å². The number of thioether (sulfide) groups is 1. The molecule has 0 aliphatic carbocycles. The van der Waals surface area contributed by atoms with Gasteiger partial charge in [-0.05, 0) is 18.4 Å². The Labute approximate surface area is 128 Å². The molecule has 1 aliphatic rings. The Morgan fingerprint density at radius 3 is 2.89 bits per heavy atom. The maximum absolute atomic E-state index is 13.7. The summed E-state index contributed by atoms with van der Waals surface area (Å²) in [5, 5.41) is 3.19. The Morgan fingerprint density at radius 1 is 1.50 bits per heavy atom. The fourth-order valence-electron chi connectivity index (χ4n) is 1.79. The molecule has 2 rings (SSSR count). The molecule has 0 amide bonds. The summed E-state index contributed by atoms with van der Waals surface area (Å²) in [4.78, 5) is 7.33. The van der Waals surface area contributed by atoms with Crippen LogP contribution in [0, 0.1) is 5.82 Å². The van der Waals surface area contributed by atoms with Crippen molar-refractivity contribution in [1.29, 1.82) is 0 Å². The number of hydrogen-bond donors (Lipinski definition) is 1. The van der Waals surface area contributed by atoms with Gasteiger partial charge < -0.3 is 10.2 Å². The number of halogens is 2. The highest BCUT2D eigenvalue weighted by atomic mass is 127. The van der Waals surface area contributed by atoms with E-state index < -0.39 is 0 Å². The van der Waals surface area contributed by atoms with Gasteiger partial charge in [0.25, 0.3) is 0 Å². The van der Waals surface area contributed by atoms with Crippen molar-refractivity contribution in [2.45, 2.75) is 11.4 Å². The molecule has 1 heterocycles. The Bertz CT molecular complexity index is 439. The molecule has 0 saturated heterocycles. The van der Waals surface area contributed by atoms with E-state index in [4.69, 9.17) is 0 Å². The Hall–Kier alpha value is -0.500. The largest absolute Gasteiger partial charge is 0.352 e. The lowest BCUT2D eigenvalue weighted by Crippen LogP contribution is -2.35. The van der Waals surface area contributed by atoms with E-state index in [0.29, 0.717) is 12.1 Å². The van der Waals surface area contributed by atoms with Crippen molar-refractivity contribution in [3.63, 3.8) is 0 Å². The van der Waals surface area contributed by atoms with Gasteiger partial charge >= 0.3 is 0 Å². The fourth-order valence-corrected chi connectivity index (χ4v) is 2.42. The number of likely N-dealkylation sites (N-methyl/N-ethyl adjacent to an activating group) is 1. The molecular formula is C12H17FIN3S. The van der Waals surface area contributed by atoms with Gasteiger partial charge in [-0.2, -0.15) is 0 Å². The molecule has 0 bridgehead atoms. The smallest absolute Gasteiger partial charge is 0.194 e. The molecule has 100 valence electrons. The summed E-state index contributed by atoms with van der Waals surface area (Å²) in [6.07, 6.45) is 1.96. The zero-order chi connectivity index (χ0) is 12.3. The fraction of sp³-hybridized carbons (Fsp3) is 0.417. The van der Waals surface area contributed by atoms with Crippen LogP contribution in [0.5, 0.6) is 0 Å². The summed E-state index contributed by atoms with van der Waals surface area (Å²) < 4.78 is 13.7. The van der Waals surface area contributed by atoms with Crippen molar-refractivity contribution in [3.8, 4) is 0 Å². The number of aliphatic imine (C=N–C) groups is 1. The lowest BCUT2D eigenvalue weighted by atomic mass is 10.2. The highest BCUT2D eigenvalue weighted by Gasteiger charge is 2.13. The van der Waals surface area contributed by atoms with Gasteiger partial charge in [0.15, 0.2) is 5.96 Å². The Kier molecular flexibility index (Phi) is 6.20. The van der Waals surface area contributed by atoms with Gasteiger partial charge in [-0.1, -0.05) is 6.07 Å². The van der Waals surface area contributed by atoms with Gasteiger partial charge in [-0.15, -0.1) is 35.7 Å². The van der Waals surface area contributed by atoms with Gasteiger partial charge in [0, 0.05) is 30.6 Å². The van der Waals surface area contributed by atoms with Crippen LogP contribution in [-0.2, 0) is 6.54 Å². The van der Waals surface area contributed by atoms with E-state index in [2.05, 4.69) is 10.3 Å². The van der Waals surface area contributed by atoms with Crippen molar-refractivity contribution in [1.82, 2.24) is 10.2 Å². The molecule has 1 aromatic rings. The minimum Gasteiger partial charge on any atom is -0.352 e. The highest BCUT2D eigenvalue weighted by Crippen LogP contribution is 2.22. The van der Waals surface area contributed by atoms with Crippen molar-refractivity contribution in [3.05, 3.63) is 29.6 Å². The van der Waals surface area contributed by atoms with Crippen LogP contribution in [0.2, 0.25) is 0 Å². The predicted molar refractivity (Wildman–Crippen MR) is 85.4 cm³/mol. The van der Waals surface area contributed by atoms with Crippen LogP contribution in [0.15, 0.2) is 28.1 Å². The minimum absolute atomic E-state index is 0. The van der Waals surface area contributed by atoms with Crippen molar-refractivity contribution < 1.29 is 4.39 Å². The molecule has 18 heavy (non-hydrogen) atoms. The summed E-state index contributed by atoms with van der Waals surface area (Å²) in [6.45, 7) is 2.21. The summed E-state index contributed by atoms with van der Waals surface area (Å²) in [7, 11) is 1.98. The number of nitrogens with one attached hydrogen (secondary N) is 1. The number of guanidine groups is 1. The number of rotatable bonds is 3. The molecule has 0 atom stereocenters. The lowest BCUT2D eigenvalue weighted by molar-refractivity contribution is 0.529. The van der Waals surface area contributed by atoms with Crippen LogP contribution in [-0.4, -0.2) is 37.3 Å². The monoisotopic (exact) mass is 381 g/mol. The molecular weight excluding hydrogens is 364 g/mol. The zero-order valence-electron chi connectivity index (χ0n) is 10.4. The minimum atomic E-state index is -0.161. The van der Waals surface area contributed by atoms with Crippen LogP contribution in [0.3, 0.4) is 0 Å². The van der Waals surface area contributed by atoms with Crippen molar-refractivity contribution >= 4 is 41.7 Å². The summed E-state index contributed by atoms with van der Waals surface area (Å²) >= 11 is 1.56. The second-order valence-corrected chi connectivity index (χ2v) is 4.75. The SMILES string of the molecule is CSc1cccc(F)c1CNC1=NCCN1C.I. The van der Waals surface area contributed by atoms with E-state index >= 15 is 0 Å². The third kappa shape index (κ3) is 3.50. The maximum Gasteiger partial charge on any atom is 0.194 e. The van der Waals surface area contributed by atoms with Crippen molar-refractivity contribution in [2.75, 3.05) is 26.4 Å². The first-order valence-corrected chi connectivity index (χ1v) is 6.75. The van der Waals surface area contributed by atoms with Crippen LogP contribution < -0.4 is 5.32 Å². The van der Waals surface area contributed by atoms with E-state index in [-0.39, 0.29) is 29.8 Å². The van der Waals surface area contributed by atoms with Crippen LogP contribution in [0.4, 0.5) is 4.39 Å². The molecule has 0 spiro atoms. The second-order valence-electron chi connectivity index (χ2n) is 3.90. The number of benzene rings is 1. The molecule has 1 aliphatic heterocycles.